The Morgan fingerprint density at radius 3 is 1.05 bits per heavy atom. The number of hydrogen-bond donors (Lipinski definition) is 2. The average Bonchev–Trinajstić information content (AvgIpc) is 3.43. The Labute approximate surface area is 480 Å². The quantitative estimate of drug-likeness (QED) is 0.0264. The number of unbranched alkanes of at least 4 members (excludes halogenated alkanes) is 31. The molecule has 3 N–H and O–H groups in total. The molecule has 0 rings (SSSR count). The lowest BCUT2D eigenvalue weighted by Gasteiger charge is -2.19. The molecule has 0 aliphatic rings. The summed E-state index contributed by atoms with van der Waals surface area (Å²) < 4.78 is 33.1. The molecule has 0 aliphatic heterocycles. The minimum atomic E-state index is -4.39. The van der Waals surface area contributed by atoms with E-state index in [2.05, 4.69) is 111 Å². The number of hydrogen-bond acceptors (Lipinski definition) is 8. The van der Waals surface area contributed by atoms with Crippen molar-refractivity contribution in [1.82, 2.24) is 0 Å². The van der Waals surface area contributed by atoms with E-state index in [1.54, 1.807) is 0 Å². The van der Waals surface area contributed by atoms with Crippen LogP contribution >= 0.6 is 7.82 Å². The Bertz CT molecular complexity index is 1600. The van der Waals surface area contributed by atoms with Crippen molar-refractivity contribution in [1.29, 1.82) is 0 Å². The van der Waals surface area contributed by atoms with Gasteiger partial charge >= 0.3 is 19.8 Å². The highest BCUT2D eigenvalue weighted by Crippen LogP contribution is 2.43. The van der Waals surface area contributed by atoms with Gasteiger partial charge in [-0.25, -0.2) is 4.57 Å². The van der Waals surface area contributed by atoms with E-state index >= 15 is 0 Å². The third-order valence-electron chi connectivity index (χ3n) is 13.7. The molecule has 0 radical (unpaired) electrons. The monoisotopic (exact) mass is 1110 g/mol. The molecule has 0 amide bonds. The first kappa shape index (κ1) is 74.9. The number of ether oxygens (including phenoxy) is 2. The van der Waals surface area contributed by atoms with E-state index in [0.717, 1.165) is 89.9 Å². The summed E-state index contributed by atoms with van der Waals surface area (Å²) in [7, 11) is -4.39. The lowest BCUT2D eigenvalue weighted by atomic mass is 10.0. The first-order chi connectivity index (χ1) is 38.3. The summed E-state index contributed by atoms with van der Waals surface area (Å²) in [6.07, 6.45) is 84.9. The molecule has 0 spiro atoms. The van der Waals surface area contributed by atoms with Crippen LogP contribution in [-0.4, -0.2) is 49.3 Å². The molecule has 2 unspecified atom stereocenters. The molecule has 0 aromatic rings. The fraction of sp³-hybridized carbons (Fsp3) is 0.735. The fourth-order valence-electron chi connectivity index (χ4n) is 9.01. The van der Waals surface area contributed by atoms with Crippen LogP contribution in [-0.2, 0) is 32.7 Å². The summed E-state index contributed by atoms with van der Waals surface area (Å²) in [5.74, 6) is -0.818. The zero-order valence-corrected chi connectivity index (χ0v) is 51.3. The van der Waals surface area contributed by atoms with Crippen molar-refractivity contribution in [2.24, 2.45) is 5.73 Å². The molecule has 0 bridgehead atoms. The van der Waals surface area contributed by atoms with Crippen molar-refractivity contribution >= 4 is 19.8 Å². The number of nitrogens with two attached hydrogens (primary N) is 1. The summed E-state index contributed by atoms with van der Waals surface area (Å²) in [4.78, 5) is 35.2. The smallest absolute Gasteiger partial charge is 0.462 e. The van der Waals surface area contributed by atoms with Gasteiger partial charge in [-0.05, 0) is 77.0 Å². The lowest BCUT2D eigenvalue weighted by molar-refractivity contribution is -0.161. The van der Waals surface area contributed by atoms with E-state index < -0.39 is 26.5 Å². The maximum absolute atomic E-state index is 12.7. The minimum absolute atomic E-state index is 0.0528. The summed E-state index contributed by atoms with van der Waals surface area (Å²) in [6, 6.07) is 0. The van der Waals surface area contributed by atoms with Crippen molar-refractivity contribution < 1.29 is 37.6 Å². The Balaban J connectivity index is 3.85. The first-order valence-corrected chi connectivity index (χ1v) is 33.7. The Morgan fingerprint density at radius 1 is 0.397 bits per heavy atom. The zero-order valence-electron chi connectivity index (χ0n) is 50.4. The van der Waals surface area contributed by atoms with E-state index in [1.165, 1.54) is 167 Å². The van der Waals surface area contributed by atoms with Gasteiger partial charge in [0.2, 0.25) is 0 Å². The van der Waals surface area contributed by atoms with E-state index in [9.17, 15) is 19.0 Å². The first-order valence-electron chi connectivity index (χ1n) is 32.2. The molecule has 0 saturated carbocycles. The van der Waals surface area contributed by atoms with Gasteiger partial charge in [-0.3, -0.25) is 18.6 Å². The van der Waals surface area contributed by atoms with Crippen LogP contribution < -0.4 is 5.73 Å². The maximum Gasteiger partial charge on any atom is 0.472 e. The van der Waals surface area contributed by atoms with Crippen molar-refractivity contribution in [2.75, 3.05) is 26.4 Å². The highest BCUT2D eigenvalue weighted by atomic mass is 31.2. The number of rotatable bonds is 60. The van der Waals surface area contributed by atoms with Gasteiger partial charge in [0, 0.05) is 19.4 Å². The molecule has 0 fully saturated rings. The van der Waals surface area contributed by atoms with Gasteiger partial charge in [0.1, 0.15) is 6.61 Å². The second-order valence-electron chi connectivity index (χ2n) is 21.3. The standard InChI is InChI=1S/C68H120NO8P/c1-3-5-7-9-11-13-15-17-19-21-22-23-24-25-26-27-28-29-30-31-32-33-34-35-36-37-38-39-40-41-42-43-44-45-47-49-51-53-55-57-59-61-68(71)77-66(65-76-78(72,73)75-63-62-69)64-74-67(70)60-58-56-54-52-50-48-46-20-18-16-14-12-10-8-6-4-2/h5,7,11,13,17,19,22-23,25-26,28-29,31-32,34-35,66H,3-4,6,8-10,12,14-16,18,20-21,24,27,30,33,36-65,69H2,1-2H3,(H,72,73)/b7-5-,13-11-,19-17-,23-22-,26-25-,29-28-,32-31-,35-34-. The Morgan fingerprint density at radius 2 is 0.705 bits per heavy atom. The van der Waals surface area contributed by atoms with Crippen LogP contribution in [0.2, 0.25) is 0 Å². The van der Waals surface area contributed by atoms with E-state index in [0.29, 0.717) is 6.42 Å². The van der Waals surface area contributed by atoms with Crippen molar-refractivity contribution in [2.45, 2.75) is 296 Å². The van der Waals surface area contributed by atoms with Crippen LogP contribution in [0.5, 0.6) is 0 Å². The number of carbonyl (C=O) groups excluding carboxylic acids is 2. The normalized spacial score (nSPS) is 13.6. The van der Waals surface area contributed by atoms with Crippen molar-refractivity contribution in [3.8, 4) is 0 Å². The molecule has 0 saturated heterocycles. The highest BCUT2D eigenvalue weighted by Gasteiger charge is 2.26. The van der Waals surface area contributed by atoms with E-state index in [4.69, 9.17) is 24.3 Å². The molecule has 0 aromatic heterocycles. The average molecular weight is 1110 g/mol. The van der Waals surface area contributed by atoms with Crippen LogP contribution in [0.4, 0.5) is 0 Å². The number of phosphoric acid groups is 1. The summed E-state index contributed by atoms with van der Waals surface area (Å²) in [6.45, 7) is 3.66. The molecule has 0 aromatic carbocycles. The van der Waals surface area contributed by atoms with E-state index in [-0.39, 0.29) is 38.6 Å². The predicted molar refractivity (Wildman–Crippen MR) is 335 cm³/mol. The second-order valence-corrected chi connectivity index (χ2v) is 22.7. The molecule has 10 heteroatoms. The molecular weight excluding hydrogens is 990 g/mol. The van der Waals surface area contributed by atoms with Crippen LogP contribution in [0.1, 0.15) is 290 Å². The number of carbonyl (C=O) groups is 2. The highest BCUT2D eigenvalue weighted by molar-refractivity contribution is 7.47. The molecule has 0 heterocycles. The topological polar surface area (TPSA) is 134 Å². The summed E-state index contributed by atoms with van der Waals surface area (Å²) >= 11 is 0. The van der Waals surface area contributed by atoms with Gasteiger partial charge in [0.25, 0.3) is 0 Å². The van der Waals surface area contributed by atoms with Crippen LogP contribution in [0.25, 0.3) is 0 Å². The SMILES string of the molecule is CC/C=C\C/C=C\C/C=C\C/C=C\C/C=C\C/C=C\C/C=C\C/C=C\CCCCCCCCCCCCCCCCCCC(=O)OC(COC(=O)CCCCCCCCCCCCCCCCCC)COP(=O)(O)OCCN. The molecule has 0 aliphatic carbocycles. The zero-order chi connectivity index (χ0) is 56.6. The molecule has 450 valence electrons. The third kappa shape index (κ3) is 62.1. The van der Waals surface area contributed by atoms with Crippen molar-refractivity contribution in [3.05, 3.63) is 97.2 Å². The van der Waals surface area contributed by atoms with Crippen molar-refractivity contribution in [3.63, 3.8) is 0 Å². The second kappa shape index (κ2) is 63.1. The summed E-state index contributed by atoms with van der Waals surface area (Å²) in [5.41, 5.74) is 5.39. The Kier molecular flexibility index (Phi) is 60.6. The minimum Gasteiger partial charge on any atom is -0.462 e. The molecular formula is C68H120NO8P. The van der Waals surface area contributed by atoms with E-state index in [1.807, 2.05) is 0 Å². The van der Waals surface area contributed by atoms with Gasteiger partial charge in [-0.2, -0.15) is 0 Å². The van der Waals surface area contributed by atoms with Gasteiger partial charge in [0.05, 0.1) is 13.2 Å². The van der Waals surface area contributed by atoms with Gasteiger partial charge < -0.3 is 20.1 Å². The van der Waals surface area contributed by atoms with Crippen LogP contribution in [0.3, 0.4) is 0 Å². The third-order valence-corrected chi connectivity index (χ3v) is 14.7. The Hall–Kier alpha value is -3.07. The maximum atomic E-state index is 12.7. The predicted octanol–water partition coefficient (Wildman–Crippen LogP) is 20.8. The number of esters is 2. The van der Waals surface area contributed by atoms with Crippen LogP contribution in [0.15, 0.2) is 97.2 Å². The van der Waals surface area contributed by atoms with Gasteiger partial charge in [-0.1, -0.05) is 297 Å². The molecule has 2 atom stereocenters. The fourth-order valence-corrected chi connectivity index (χ4v) is 9.77. The largest absolute Gasteiger partial charge is 0.472 e. The lowest BCUT2D eigenvalue weighted by Crippen LogP contribution is -2.29. The number of allylic oxidation sites excluding steroid dienone is 16. The summed E-state index contributed by atoms with van der Waals surface area (Å²) in [5, 5.41) is 0. The number of phosphoric ester groups is 1. The molecule has 78 heavy (non-hydrogen) atoms. The van der Waals surface area contributed by atoms with Gasteiger partial charge in [0.15, 0.2) is 6.10 Å². The van der Waals surface area contributed by atoms with Crippen LogP contribution in [0, 0.1) is 0 Å². The molecule has 9 nitrogen and oxygen atoms in total. The van der Waals surface area contributed by atoms with Gasteiger partial charge in [-0.15, -0.1) is 0 Å².